The van der Waals surface area contributed by atoms with Crippen LogP contribution in [0.25, 0.3) is 0 Å². The number of carbonyl (C=O) groups is 1. The van der Waals surface area contributed by atoms with Crippen molar-refractivity contribution in [2.45, 2.75) is 6.18 Å². The molecule has 0 aromatic heterocycles. The number of amides is 1. The molecule has 0 aliphatic rings. The highest BCUT2D eigenvalue weighted by atomic mass is 79.9. The molecule has 12 heteroatoms. The fourth-order valence-corrected chi connectivity index (χ4v) is 3.52. The molecule has 2 aromatic carbocycles. The second-order valence-corrected chi connectivity index (χ2v) is 9.01. The molecule has 0 saturated carbocycles. The molecule has 0 heterocycles. The fourth-order valence-electron chi connectivity index (χ4n) is 2.18. The van der Waals surface area contributed by atoms with E-state index in [0.717, 1.165) is 22.9 Å². The third kappa shape index (κ3) is 6.72. The van der Waals surface area contributed by atoms with Crippen molar-refractivity contribution in [2.75, 3.05) is 17.1 Å². The molecular formula is C17H14BrClF3N3O3S. The van der Waals surface area contributed by atoms with Gasteiger partial charge in [0.1, 0.15) is 6.54 Å². The standard InChI is InChI=1S/C17H14BrClF3N3O3S/c1-29(27,28)25(13-6-7-15(19)14(8-13)17(20,21)22)10-16(26)24-23-9-11-2-4-12(18)5-3-11/h2-9H,10H2,1H3,(H,24,26)/b23-9+. The van der Waals surface area contributed by atoms with Crippen LogP contribution in [0, 0.1) is 0 Å². The van der Waals surface area contributed by atoms with Gasteiger partial charge in [-0.3, -0.25) is 9.10 Å². The second kappa shape index (κ2) is 9.14. The van der Waals surface area contributed by atoms with Crippen molar-refractivity contribution < 1.29 is 26.4 Å². The number of alkyl halides is 3. The molecule has 0 spiro atoms. The number of halogens is 5. The van der Waals surface area contributed by atoms with Crippen LogP contribution in [-0.4, -0.2) is 33.3 Å². The number of rotatable bonds is 6. The molecule has 0 atom stereocenters. The van der Waals surface area contributed by atoms with E-state index in [4.69, 9.17) is 11.6 Å². The Bertz CT molecular complexity index is 1030. The first-order valence-corrected chi connectivity index (χ1v) is 10.8. The van der Waals surface area contributed by atoms with Crippen LogP contribution in [0.3, 0.4) is 0 Å². The van der Waals surface area contributed by atoms with Crippen LogP contribution >= 0.6 is 27.5 Å². The number of nitrogens with zero attached hydrogens (tertiary/aromatic N) is 2. The number of hydrazone groups is 1. The predicted molar refractivity (Wildman–Crippen MR) is 109 cm³/mol. The van der Waals surface area contributed by atoms with E-state index in [0.29, 0.717) is 15.9 Å². The van der Waals surface area contributed by atoms with E-state index in [2.05, 4.69) is 26.5 Å². The molecule has 0 unspecified atom stereocenters. The molecule has 1 amide bonds. The molecule has 1 N–H and O–H groups in total. The van der Waals surface area contributed by atoms with Crippen LogP contribution in [0.2, 0.25) is 5.02 Å². The van der Waals surface area contributed by atoms with Gasteiger partial charge in [0.15, 0.2) is 0 Å². The molecule has 0 radical (unpaired) electrons. The Labute approximate surface area is 178 Å². The summed E-state index contributed by atoms with van der Waals surface area (Å²) in [6, 6.07) is 9.52. The maximum absolute atomic E-state index is 13.1. The van der Waals surface area contributed by atoms with Gasteiger partial charge in [-0.25, -0.2) is 13.8 Å². The summed E-state index contributed by atoms with van der Waals surface area (Å²) in [7, 11) is -4.07. The first kappa shape index (κ1) is 23.2. The Kier molecular flexibility index (Phi) is 7.30. The molecule has 0 aliphatic carbocycles. The zero-order chi connectivity index (χ0) is 21.8. The van der Waals surface area contributed by atoms with Gasteiger partial charge in [-0.2, -0.15) is 18.3 Å². The van der Waals surface area contributed by atoms with Gasteiger partial charge in [0.25, 0.3) is 5.91 Å². The topological polar surface area (TPSA) is 78.8 Å². The van der Waals surface area contributed by atoms with Gasteiger partial charge in [0.2, 0.25) is 10.0 Å². The predicted octanol–water partition coefficient (Wildman–Crippen LogP) is 4.04. The lowest BCUT2D eigenvalue weighted by molar-refractivity contribution is -0.137. The largest absolute Gasteiger partial charge is 0.417 e. The molecule has 29 heavy (non-hydrogen) atoms. The Morgan fingerprint density at radius 2 is 1.86 bits per heavy atom. The minimum atomic E-state index is -4.78. The van der Waals surface area contributed by atoms with Gasteiger partial charge < -0.3 is 0 Å². The normalized spacial score (nSPS) is 12.2. The third-order valence-corrected chi connectivity index (χ3v) is 5.50. The maximum atomic E-state index is 13.1. The molecule has 0 saturated heterocycles. The van der Waals surface area contributed by atoms with E-state index < -0.39 is 39.2 Å². The first-order valence-electron chi connectivity index (χ1n) is 7.80. The zero-order valence-electron chi connectivity index (χ0n) is 14.7. The number of anilines is 1. The van der Waals surface area contributed by atoms with Gasteiger partial charge in [0.05, 0.1) is 28.7 Å². The highest BCUT2D eigenvalue weighted by Crippen LogP contribution is 2.37. The summed E-state index contributed by atoms with van der Waals surface area (Å²) in [5.41, 5.74) is 1.25. The number of hydrogen-bond donors (Lipinski definition) is 1. The first-order chi connectivity index (χ1) is 13.4. The minimum absolute atomic E-state index is 0.351. The number of carbonyl (C=O) groups excluding carboxylic acids is 1. The van der Waals surface area contributed by atoms with Gasteiger partial charge in [-0.05, 0) is 35.9 Å². The SMILES string of the molecule is CS(=O)(=O)N(CC(=O)N/N=C/c1ccc(Br)cc1)c1ccc(Cl)c(C(F)(F)F)c1. The molecular weight excluding hydrogens is 499 g/mol. The van der Waals surface area contributed by atoms with Gasteiger partial charge >= 0.3 is 6.18 Å². The summed E-state index contributed by atoms with van der Waals surface area (Å²) in [4.78, 5) is 12.1. The van der Waals surface area contributed by atoms with Crippen LogP contribution < -0.4 is 9.73 Å². The number of sulfonamides is 1. The lowest BCUT2D eigenvalue weighted by atomic mass is 10.2. The second-order valence-electron chi connectivity index (χ2n) is 5.78. The Morgan fingerprint density at radius 1 is 1.24 bits per heavy atom. The molecule has 0 bridgehead atoms. The summed E-state index contributed by atoms with van der Waals surface area (Å²) >= 11 is 8.82. The van der Waals surface area contributed by atoms with Crippen molar-refractivity contribution in [3.63, 3.8) is 0 Å². The third-order valence-electron chi connectivity index (χ3n) is 3.50. The Morgan fingerprint density at radius 3 is 2.41 bits per heavy atom. The summed E-state index contributed by atoms with van der Waals surface area (Å²) in [6.07, 6.45) is -2.68. The van der Waals surface area contributed by atoms with Gasteiger partial charge in [-0.15, -0.1) is 0 Å². The van der Waals surface area contributed by atoms with Crippen molar-refractivity contribution in [1.29, 1.82) is 0 Å². The summed E-state index contributed by atoms with van der Waals surface area (Å²) in [5.74, 6) is -0.840. The Hall–Kier alpha value is -2.11. The maximum Gasteiger partial charge on any atom is 0.417 e. The van der Waals surface area contributed by atoms with Crippen LogP contribution in [0.4, 0.5) is 18.9 Å². The van der Waals surface area contributed by atoms with E-state index in [9.17, 15) is 26.4 Å². The van der Waals surface area contributed by atoms with E-state index in [1.54, 1.807) is 24.3 Å². The zero-order valence-corrected chi connectivity index (χ0v) is 17.9. The average Bonchev–Trinajstić information content (AvgIpc) is 2.60. The monoisotopic (exact) mass is 511 g/mol. The van der Waals surface area contributed by atoms with Crippen molar-refractivity contribution in [1.82, 2.24) is 5.43 Å². The lowest BCUT2D eigenvalue weighted by Crippen LogP contribution is -2.39. The van der Waals surface area contributed by atoms with E-state index in [1.165, 1.54) is 6.21 Å². The summed E-state index contributed by atoms with van der Waals surface area (Å²) in [5, 5.41) is 3.12. The fraction of sp³-hybridized carbons (Fsp3) is 0.176. The van der Waals surface area contributed by atoms with Crippen molar-refractivity contribution in [2.24, 2.45) is 5.10 Å². The van der Waals surface area contributed by atoms with Crippen molar-refractivity contribution in [3.05, 3.63) is 63.1 Å². The van der Waals surface area contributed by atoms with Gasteiger partial charge in [-0.1, -0.05) is 39.7 Å². The van der Waals surface area contributed by atoms with Crippen molar-refractivity contribution in [3.8, 4) is 0 Å². The van der Waals surface area contributed by atoms with Crippen molar-refractivity contribution >= 4 is 55.4 Å². The number of benzene rings is 2. The van der Waals surface area contributed by atoms with E-state index in [-0.39, 0.29) is 5.69 Å². The molecule has 0 aliphatic heterocycles. The summed E-state index contributed by atoms with van der Waals surface area (Å²) < 4.78 is 64.6. The molecule has 0 fully saturated rings. The van der Waals surface area contributed by atoms with Crippen LogP contribution in [0.1, 0.15) is 11.1 Å². The molecule has 6 nitrogen and oxygen atoms in total. The number of hydrogen-bond acceptors (Lipinski definition) is 4. The number of nitrogens with one attached hydrogen (secondary N) is 1. The highest BCUT2D eigenvalue weighted by molar-refractivity contribution is 9.10. The van der Waals surface area contributed by atoms with Crippen LogP contribution in [-0.2, 0) is 21.0 Å². The van der Waals surface area contributed by atoms with E-state index in [1.807, 2.05) is 0 Å². The molecule has 156 valence electrons. The minimum Gasteiger partial charge on any atom is -0.271 e. The smallest absolute Gasteiger partial charge is 0.271 e. The van der Waals surface area contributed by atoms with Crippen LogP contribution in [0.5, 0.6) is 0 Å². The molecule has 2 aromatic rings. The van der Waals surface area contributed by atoms with Crippen LogP contribution in [0.15, 0.2) is 52.0 Å². The highest BCUT2D eigenvalue weighted by Gasteiger charge is 2.34. The van der Waals surface area contributed by atoms with E-state index >= 15 is 0 Å². The quantitative estimate of drug-likeness (QED) is 0.469. The summed E-state index contributed by atoms with van der Waals surface area (Å²) in [6.45, 7) is -0.768. The Balaban J connectivity index is 2.19. The lowest BCUT2D eigenvalue weighted by Gasteiger charge is -2.22. The molecule has 2 rings (SSSR count). The van der Waals surface area contributed by atoms with Gasteiger partial charge in [0, 0.05) is 4.47 Å². The average molecular weight is 513 g/mol.